The first-order chi connectivity index (χ1) is 9.28. The lowest BCUT2D eigenvalue weighted by molar-refractivity contribution is -0.00495. The molecule has 2 rings (SSSR count). The highest BCUT2D eigenvalue weighted by atomic mass is 15.3. The Bertz CT molecular complexity index is 237. The first kappa shape index (κ1) is 15.3. The van der Waals surface area contributed by atoms with Crippen molar-refractivity contribution in [3.8, 4) is 0 Å². The van der Waals surface area contributed by atoms with E-state index < -0.39 is 0 Å². The summed E-state index contributed by atoms with van der Waals surface area (Å²) >= 11 is 0. The molecule has 1 spiro atoms. The first-order valence-corrected chi connectivity index (χ1v) is 8.76. The number of hydrogen-bond acceptors (Lipinski definition) is 2. The Morgan fingerprint density at radius 2 is 1.89 bits per heavy atom. The number of hydrogen-bond donors (Lipinski definition) is 1. The molecule has 0 aromatic carbocycles. The Hall–Kier alpha value is -0.0800. The van der Waals surface area contributed by atoms with E-state index >= 15 is 0 Å². The van der Waals surface area contributed by atoms with Crippen molar-refractivity contribution >= 4 is 0 Å². The van der Waals surface area contributed by atoms with Crippen LogP contribution in [0.15, 0.2) is 0 Å². The molecule has 2 nitrogen and oxygen atoms in total. The van der Waals surface area contributed by atoms with Crippen molar-refractivity contribution in [1.82, 2.24) is 10.2 Å². The van der Waals surface area contributed by atoms with Gasteiger partial charge in [-0.05, 0) is 26.2 Å². The fraction of sp³-hybridized carbons (Fsp3) is 1.00. The summed E-state index contributed by atoms with van der Waals surface area (Å²) in [6.45, 7) is 8.49. The van der Waals surface area contributed by atoms with Gasteiger partial charge >= 0.3 is 0 Å². The van der Waals surface area contributed by atoms with E-state index in [0.29, 0.717) is 5.54 Å². The second kappa shape index (κ2) is 7.64. The van der Waals surface area contributed by atoms with Gasteiger partial charge in [-0.1, -0.05) is 51.9 Å². The van der Waals surface area contributed by atoms with E-state index in [4.69, 9.17) is 0 Å². The Morgan fingerprint density at radius 3 is 2.63 bits per heavy atom. The van der Waals surface area contributed by atoms with Gasteiger partial charge in [0.25, 0.3) is 0 Å². The van der Waals surface area contributed by atoms with Crippen LogP contribution >= 0.6 is 0 Å². The average molecular weight is 266 g/mol. The summed E-state index contributed by atoms with van der Waals surface area (Å²) in [5.41, 5.74) is 0.515. The van der Waals surface area contributed by atoms with Crippen LogP contribution in [-0.2, 0) is 0 Å². The van der Waals surface area contributed by atoms with Gasteiger partial charge in [0.05, 0.1) is 0 Å². The SMILES string of the molecule is CCCCCCC(C)N1CCNCC12CCCCC2. The summed E-state index contributed by atoms with van der Waals surface area (Å²) in [5, 5.41) is 3.66. The van der Waals surface area contributed by atoms with E-state index in [0.717, 1.165) is 6.04 Å². The van der Waals surface area contributed by atoms with Gasteiger partial charge in [-0.3, -0.25) is 4.90 Å². The highest BCUT2D eigenvalue weighted by Crippen LogP contribution is 2.36. The lowest BCUT2D eigenvalue weighted by Gasteiger charge is -2.52. The molecule has 19 heavy (non-hydrogen) atoms. The quantitative estimate of drug-likeness (QED) is 0.732. The molecular formula is C17H34N2. The minimum atomic E-state index is 0.515. The number of nitrogens with one attached hydrogen (secondary N) is 1. The van der Waals surface area contributed by atoms with Gasteiger partial charge in [0, 0.05) is 31.2 Å². The van der Waals surface area contributed by atoms with Gasteiger partial charge < -0.3 is 5.32 Å². The molecule has 0 amide bonds. The molecule has 2 heteroatoms. The molecule has 0 radical (unpaired) electrons. The molecule has 1 atom stereocenters. The minimum Gasteiger partial charge on any atom is -0.314 e. The molecule has 112 valence electrons. The van der Waals surface area contributed by atoms with E-state index in [1.807, 2.05) is 0 Å². The van der Waals surface area contributed by atoms with Gasteiger partial charge in [-0.15, -0.1) is 0 Å². The maximum Gasteiger partial charge on any atom is 0.0337 e. The normalized spacial score (nSPS) is 25.6. The summed E-state index contributed by atoms with van der Waals surface area (Å²) in [7, 11) is 0. The zero-order valence-corrected chi connectivity index (χ0v) is 13.2. The molecule has 1 saturated carbocycles. The molecule has 0 aromatic heterocycles. The van der Waals surface area contributed by atoms with Gasteiger partial charge in [0.1, 0.15) is 0 Å². The highest BCUT2D eigenvalue weighted by molar-refractivity contribution is 4.99. The topological polar surface area (TPSA) is 15.3 Å². The lowest BCUT2D eigenvalue weighted by Crippen LogP contribution is -2.64. The van der Waals surface area contributed by atoms with Crippen LogP contribution in [-0.4, -0.2) is 36.1 Å². The Balaban J connectivity index is 1.87. The first-order valence-electron chi connectivity index (χ1n) is 8.76. The standard InChI is InChI=1S/C17H34N2/c1-3-4-5-7-10-16(2)19-14-13-18-15-17(19)11-8-6-9-12-17/h16,18H,3-15H2,1-2H3. The summed E-state index contributed by atoms with van der Waals surface area (Å²) in [6, 6.07) is 0.789. The van der Waals surface area contributed by atoms with E-state index in [2.05, 4.69) is 24.1 Å². The van der Waals surface area contributed by atoms with Crippen LogP contribution < -0.4 is 5.32 Å². The second-order valence-corrected chi connectivity index (χ2v) is 6.85. The zero-order chi connectivity index (χ0) is 13.6. The van der Waals surface area contributed by atoms with Crippen molar-refractivity contribution < 1.29 is 0 Å². The molecule has 1 saturated heterocycles. The van der Waals surface area contributed by atoms with E-state index in [9.17, 15) is 0 Å². The van der Waals surface area contributed by atoms with Gasteiger partial charge in [-0.25, -0.2) is 0 Å². The third-order valence-corrected chi connectivity index (χ3v) is 5.38. The van der Waals surface area contributed by atoms with Crippen molar-refractivity contribution in [3.05, 3.63) is 0 Å². The number of rotatable bonds is 6. The molecule has 1 aliphatic carbocycles. The summed E-state index contributed by atoms with van der Waals surface area (Å²) in [6.07, 6.45) is 14.2. The van der Waals surface area contributed by atoms with Crippen LogP contribution in [0.2, 0.25) is 0 Å². The smallest absolute Gasteiger partial charge is 0.0337 e. The Morgan fingerprint density at radius 1 is 1.11 bits per heavy atom. The van der Waals surface area contributed by atoms with E-state index in [1.165, 1.54) is 83.8 Å². The third-order valence-electron chi connectivity index (χ3n) is 5.38. The van der Waals surface area contributed by atoms with Crippen LogP contribution in [0, 0.1) is 0 Å². The van der Waals surface area contributed by atoms with Crippen molar-refractivity contribution in [3.63, 3.8) is 0 Å². The van der Waals surface area contributed by atoms with Crippen LogP contribution in [0.5, 0.6) is 0 Å². The maximum atomic E-state index is 3.66. The lowest BCUT2D eigenvalue weighted by atomic mass is 9.78. The van der Waals surface area contributed by atoms with Crippen LogP contribution in [0.4, 0.5) is 0 Å². The van der Waals surface area contributed by atoms with E-state index in [1.54, 1.807) is 0 Å². The summed E-state index contributed by atoms with van der Waals surface area (Å²) in [5.74, 6) is 0. The van der Waals surface area contributed by atoms with Crippen molar-refractivity contribution in [2.45, 2.75) is 89.6 Å². The largest absolute Gasteiger partial charge is 0.314 e. The fourth-order valence-electron chi connectivity index (χ4n) is 4.24. The molecule has 2 fully saturated rings. The fourth-order valence-corrected chi connectivity index (χ4v) is 4.24. The molecular weight excluding hydrogens is 232 g/mol. The predicted molar refractivity (Wildman–Crippen MR) is 83.6 cm³/mol. The van der Waals surface area contributed by atoms with Crippen molar-refractivity contribution in [1.29, 1.82) is 0 Å². The maximum absolute atomic E-state index is 3.66. The van der Waals surface area contributed by atoms with Gasteiger partial charge in [0.2, 0.25) is 0 Å². The number of piperazine rings is 1. The van der Waals surface area contributed by atoms with Gasteiger partial charge in [-0.2, -0.15) is 0 Å². The molecule has 1 N–H and O–H groups in total. The molecule has 2 aliphatic rings. The molecule has 0 aromatic rings. The minimum absolute atomic E-state index is 0.515. The molecule has 1 aliphatic heterocycles. The zero-order valence-electron chi connectivity index (χ0n) is 13.2. The molecule has 1 unspecified atom stereocenters. The van der Waals surface area contributed by atoms with Crippen LogP contribution in [0.3, 0.4) is 0 Å². The monoisotopic (exact) mass is 266 g/mol. The predicted octanol–water partition coefficient (Wildman–Crippen LogP) is 3.95. The van der Waals surface area contributed by atoms with E-state index in [-0.39, 0.29) is 0 Å². The third kappa shape index (κ3) is 3.95. The average Bonchev–Trinajstić information content (AvgIpc) is 2.45. The molecule has 0 bridgehead atoms. The number of nitrogens with zero attached hydrogens (tertiary/aromatic N) is 1. The molecule has 1 heterocycles. The van der Waals surface area contributed by atoms with Crippen LogP contribution in [0.1, 0.15) is 78.1 Å². The van der Waals surface area contributed by atoms with Crippen LogP contribution in [0.25, 0.3) is 0 Å². The highest BCUT2D eigenvalue weighted by Gasteiger charge is 2.41. The van der Waals surface area contributed by atoms with Crippen molar-refractivity contribution in [2.24, 2.45) is 0 Å². The Kier molecular flexibility index (Phi) is 6.15. The Labute approximate surface area is 120 Å². The van der Waals surface area contributed by atoms with Crippen molar-refractivity contribution in [2.75, 3.05) is 19.6 Å². The summed E-state index contributed by atoms with van der Waals surface area (Å²) < 4.78 is 0. The summed E-state index contributed by atoms with van der Waals surface area (Å²) in [4.78, 5) is 2.88. The second-order valence-electron chi connectivity index (χ2n) is 6.85. The number of unbranched alkanes of at least 4 members (excludes halogenated alkanes) is 3. The van der Waals surface area contributed by atoms with Gasteiger partial charge in [0.15, 0.2) is 0 Å².